The van der Waals surface area contributed by atoms with Crippen molar-refractivity contribution in [1.82, 2.24) is 9.62 Å². The predicted molar refractivity (Wildman–Crippen MR) is 105 cm³/mol. The summed E-state index contributed by atoms with van der Waals surface area (Å²) < 4.78 is 26.0. The van der Waals surface area contributed by atoms with Crippen LogP contribution >= 0.6 is 12.4 Å². The first-order valence-corrected chi connectivity index (χ1v) is 10.3. The fraction of sp³-hybridized carbons (Fsp3) is 0.611. The van der Waals surface area contributed by atoms with Crippen LogP contribution in [0.25, 0.3) is 0 Å². The maximum atomic E-state index is 12.6. The molecule has 0 bridgehead atoms. The van der Waals surface area contributed by atoms with Crippen molar-refractivity contribution in [1.29, 1.82) is 0 Å². The second-order valence-electron chi connectivity index (χ2n) is 7.36. The zero-order valence-electron chi connectivity index (χ0n) is 15.5. The summed E-state index contributed by atoms with van der Waals surface area (Å²) in [6.45, 7) is 1.76. The molecule has 1 aliphatic carbocycles. The number of hydrogen-bond acceptors (Lipinski definition) is 4. The molecular formula is C18H28ClN3O3S. The Bertz CT molecular complexity index is 753. The minimum absolute atomic E-state index is 0. The Kier molecular flexibility index (Phi) is 6.71. The molecule has 0 spiro atoms. The normalized spacial score (nSPS) is 25.5. The van der Waals surface area contributed by atoms with E-state index in [0.29, 0.717) is 23.2 Å². The predicted octanol–water partition coefficient (Wildman–Crippen LogP) is 2.53. The highest BCUT2D eigenvalue weighted by atomic mass is 35.5. The van der Waals surface area contributed by atoms with Crippen LogP contribution in [0.1, 0.15) is 37.7 Å². The molecule has 146 valence electrons. The second-order valence-corrected chi connectivity index (χ2v) is 9.48. The average Bonchev–Trinajstić information content (AvgIpc) is 3.00. The summed E-state index contributed by atoms with van der Waals surface area (Å²) in [5.41, 5.74) is 1.18. The quantitative estimate of drug-likeness (QED) is 0.812. The van der Waals surface area contributed by atoms with E-state index in [9.17, 15) is 13.2 Å². The topological polar surface area (TPSA) is 78.5 Å². The molecule has 2 fully saturated rings. The third-order valence-corrected chi connectivity index (χ3v) is 7.35. The van der Waals surface area contributed by atoms with Gasteiger partial charge in [0.05, 0.1) is 10.9 Å². The second kappa shape index (κ2) is 8.25. The zero-order valence-corrected chi connectivity index (χ0v) is 17.1. The number of amides is 1. The van der Waals surface area contributed by atoms with E-state index in [1.807, 2.05) is 0 Å². The van der Waals surface area contributed by atoms with Crippen molar-refractivity contribution in [3.63, 3.8) is 0 Å². The van der Waals surface area contributed by atoms with E-state index in [2.05, 4.69) is 10.6 Å². The number of nitrogens with one attached hydrogen (secondary N) is 2. The minimum atomic E-state index is -3.54. The van der Waals surface area contributed by atoms with E-state index < -0.39 is 10.0 Å². The van der Waals surface area contributed by atoms with Gasteiger partial charge in [-0.25, -0.2) is 12.7 Å². The number of carbonyl (C=O) groups is 1. The number of aryl methyl sites for hydroxylation is 1. The van der Waals surface area contributed by atoms with Crippen LogP contribution < -0.4 is 10.6 Å². The molecule has 2 N–H and O–H groups in total. The van der Waals surface area contributed by atoms with Gasteiger partial charge in [0.1, 0.15) is 0 Å². The lowest BCUT2D eigenvalue weighted by Crippen LogP contribution is -2.39. The third-order valence-electron chi connectivity index (χ3n) is 5.39. The molecule has 3 rings (SSSR count). The van der Waals surface area contributed by atoms with Crippen LogP contribution in [0.4, 0.5) is 5.69 Å². The van der Waals surface area contributed by atoms with Gasteiger partial charge in [-0.3, -0.25) is 4.79 Å². The highest BCUT2D eigenvalue weighted by molar-refractivity contribution is 7.89. The van der Waals surface area contributed by atoms with Gasteiger partial charge >= 0.3 is 0 Å². The number of halogens is 1. The van der Waals surface area contributed by atoms with Crippen LogP contribution in [0.5, 0.6) is 0 Å². The molecule has 2 aliphatic rings. The molecule has 1 amide bonds. The molecule has 1 saturated carbocycles. The van der Waals surface area contributed by atoms with E-state index in [-0.39, 0.29) is 29.3 Å². The van der Waals surface area contributed by atoms with Gasteiger partial charge in [-0.2, -0.15) is 0 Å². The van der Waals surface area contributed by atoms with Gasteiger partial charge in [0.2, 0.25) is 15.9 Å². The van der Waals surface area contributed by atoms with Gasteiger partial charge in [-0.1, -0.05) is 18.9 Å². The number of fused-ring (bicyclic) bond motifs is 1. The molecule has 1 aliphatic heterocycles. The SMILES string of the molecule is Cc1ccc(NC(=O)C2CC3CCCCC3N2)cc1S(=O)(=O)N(C)C.Cl. The van der Waals surface area contributed by atoms with Crippen LogP contribution in [0.3, 0.4) is 0 Å². The molecule has 26 heavy (non-hydrogen) atoms. The standard InChI is InChI=1S/C18H27N3O3S.ClH/c1-12-8-9-14(11-17(12)25(23,24)21(2)3)19-18(22)16-10-13-6-4-5-7-15(13)20-16;/h8-9,11,13,15-16,20H,4-7,10H2,1-3H3,(H,19,22);1H. The van der Waals surface area contributed by atoms with E-state index in [4.69, 9.17) is 0 Å². The van der Waals surface area contributed by atoms with Gasteiger partial charge in [0.15, 0.2) is 0 Å². The lowest BCUT2D eigenvalue weighted by molar-refractivity contribution is -0.117. The van der Waals surface area contributed by atoms with Crippen molar-refractivity contribution in [3.8, 4) is 0 Å². The molecule has 8 heteroatoms. The number of nitrogens with zero attached hydrogens (tertiary/aromatic N) is 1. The molecule has 1 aromatic carbocycles. The molecular weight excluding hydrogens is 374 g/mol. The van der Waals surface area contributed by atoms with Crippen molar-refractivity contribution in [2.24, 2.45) is 5.92 Å². The summed E-state index contributed by atoms with van der Waals surface area (Å²) in [6, 6.07) is 5.29. The lowest BCUT2D eigenvalue weighted by atomic mass is 9.85. The Balaban J connectivity index is 0.00000243. The molecule has 1 aromatic rings. The van der Waals surface area contributed by atoms with Crippen molar-refractivity contribution in [2.45, 2.75) is 56.0 Å². The summed E-state index contributed by atoms with van der Waals surface area (Å²) in [7, 11) is -0.527. The van der Waals surface area contributed by atoms with Crippen molar-refractivity contribution >= 4 is 34.0 Å². The van der Waals surface area contributed by atoms with Crippen LogP contribution in [0, 0.1) is 12.8 Å². The first-order chi connectivity index (χ1) is 11.8. The molecule has 0 aromatic heterocycles. The number of anilines is 1. The lowest BCUT2D eigenvalue weighted by Gasteiger charge is -2.24. The molecule has 1 heterocycles. The summed E-state index contributed by atoms with van der Waals surface area (Å²) in [4.78, 5) is 12.8. The third kappa shape index (κ3) is 4.22. The summed E-state index contributed by atoms with van der Waals surface area (Å²) in [5.74, 6) is 0.513. The summed E-state index contributed by atoms with van der Waals surface area (Å²) >= 11 is 0. The highest BCUT2D eigenvalue weighted by Gasteiger charge is 2.38. The molecule has 1 saturated heterocycles. The Morgan fingerprint density at radius 3 is 2.58 bits per heavy atom. The van der Waals surface area contributed by atoms with E-state index >= 15 is 0 Å². The maximum Gasteiger partial charge on any atom is 0.242 e. The molecule has 0 radical (unpaired) electrons. The summed E-state index contributed by atoms with van der Waals surface area (Å²) in [6.07, 6.45) is 5.68. The van der Waals surface area contributed by atoms with Gasteiger partial charge in [0.25, 0.3) is 0 Å². The van der Waals surface area contributed by atoms with Gasteiger partial charge < -0.3 is 10.6 Å². The number of hydrogen-bond donors (Lipinski definition) is 2. The number of carbonyl (C=O) groups excluding carboxylic acids is 1. The highest BCUT2D eigenvalue weighted by Crippen LogP contribution is 2.33. The molecule has 3 unspecified atom stereocenters. The largest absolute Gasteiger partial charge is 0.325 e. The van der Waals surface area contributed by atoms with Gasteiger partial charge in [-0.15, -0.1) is 12.4 Å². The first kappa shape index (κ1) is 21.2. The van der Waals surface area contributed by atoms with E-state index in [0.717, 1.165) is 12.8 Å². The van der Waals surface area contributed by atoms with E-state index in [1.54, 1.807) is 25.1 Å². The van der Waals surface area contributed by atoms with Gasteiger partial charge in [0, 0.05) is 25.8 Å². The van der Waals surface area contributed by atoms with Crippen LogP contribution in [0.2, 0.25) is 0 Å². The minimum Gasteiger partial charge on any atom is -0.325 e. The van der Waals surface area contributed by atoms with Crippen LogP contribution in [0.15, 0.2) is 23.1 Å². The summed E-state index contributed by atoms with van der Waals surface area (Å²) in [5, 5.41) is 6.34. The zero-order chi connectivity index (χ0) is 18.2. The van der Waals surface area contributed by atoms with Crippen LogP contribution in [-0.2, 0) is 14.8 Å². The molecule has 6 nitrogen and oxygen atoms in total. The smallest absolute Gasteiger partial charge is 0.242 e. The number of benzene rings is 1. The first-order valence-electron chi connectivity index (χ1n) is 8.89. The number of sulfonamides is 1. The van der Waals surface area contributed by atoms with Crippen molar-refractivity contribution in [3.05, 3.63) is 23.8 Å². The average molecular weight is 402 g/mol. The fourth-order valence-electron chi connectivity index (χ4n) is 3.90. The Morgan fingerprint density at radius 2 is 1.92 bits per heavy atom. The monoisotopic (exact) mass is 401 g/mol. The Morgan fingerprint density at radius 1 is 1.23 bits per heavy atom. The Labute approximate surface area is 162 Å². The van der Waals surface area contributed by atoms with Crippen LogP contribution in [-0.4, -0.2) is 44.8 Å². The van der Waals surface area contributed by atoms with Gasteiger partial charge in [-0.05, 0) is 49.8 Å². The van der Waals surface area contributed by atoms with E-state index in [1.165, 1.54) is 37.7 Å². The maximum absolute atomic E-state index is 12.6. The van der Waals surface area contributed by atoms with Crippen molar-refractivity contribution in [2.75, 3.05) is 19.4 Å². The van der Waals surface area contributed by atoms with Crippen molar-refractivity contribution < 1.29 is 13.2 Å². The molecule has 3 atom stereocenters. The Hall–Kier alpha value is -1.15. The fourth-order valence-corrected chi connectivity index (χ4v) is 5.05. The number of rotatable bonds is 4.